The molecule has 106 valence electrons. The first-order valence-corrected chi connectivity index (χ1v) is 6.58. The highest BCUT2D eigenvalue weighted by atomic mass is 35.5. The summed E-state index contributed by atoms with van der Waals surface area (Å²) in [4.78, 5) is 14.8. The Morgan fingerprint density at radius 1 is 1.30 bits per heavy atom. The number of nitrogens with one attached hydrogen (secondary N) is 1. The van der Waals surface area contributed by atoms with Crippen molar-refractivity contribution in [3.8, 4) is 0 Å². The van der Waals surface area contributed by atoms with E-state index in [0.717, 1.165) is 0 Å². The van der Waals surface area contributed by atoms with Gasteiger partial charge in [0.1, 0.15) is 4.88 Å². The zero-order chi connectivity index (χ0) is 14.9. The number of aryl methyl sites for hydroxylation is 1. The first-order valence-electron chi connectivity index (χ1n) is 5.39. The van der Waals surface area contributed by atoms with E-state index in [1.807, 2.05) is 0 Å². The fourth-order valence-electron chi connectivity index (χ4n) is 1.49. The maximum Gasteiger partial charge on any atom is 0.435 e. The summed E-state index contributed by atoms with van der Waals surface area (Å²) in [7, 11) is 0. The van der Waals surface area contributed by atoms with Crippen LogP contribution >= 0.6 is 22.9 Å². The number of carbonyl (C=O) groups excluding carboxylic acids is 1. The quantitative estimate of drug-likeness (QED) is 0.892. The van der Waals surface area contributed by atoms with Gasteiger partial charge in [-0.1, -0.05) is 11.6 Å². The Kier molecular flexibility index (Phi) is 4.01. The van der Waals surface area contributed by atoms with Crippen molar-refractivity contribution < 1.29 is 18.0 Å². The number of hydrogen-bond acceptors (Lipinski definition) is 3. The molecule has 0 aliphatic carbocycles. The third-order valence-corrected chi connectivity index (χ3v) is 3.53. The molecule has 1 aromatic heterocycles. The first kappa shape index (κ1) is 14.8. The van der Waals surface area contributed by atoms with Gasteiger partial charge in [0.2, 0.25) is 0 Å². The number of nitrogens with zero attached hydrogens (tertiary/aromatic N) is 1. The van der Waals surface area contributed by atoms with Crippen molar-refractivity contribution in [3.05, 3.63) is 44.9 Å². The summed E-state index contributed by atoms with van der Waals surface area (Å²) in [6.45, 7) is 1.42. The largest absolute Gasteiger partial charge is 0.435 e. The van der Waals surface area contributed by atoms with Crippen LogP contribution in [0.1, 0.15) is 20.4 Å². The molecule has 0 saturated carbocycles. The Morgan fingerprint density at radius 2 is 1.90 bits per heavy atom. The number of hydrogen-bond donors (Lipinski definition) is 1. The predicted molar refractivity (Wildman–Crippen MR) is 71.3 cm³/mol. The molecule has 0 aliphatic rings. The summed E-state index contributed by atoms with van der Waals surface area (Å²) in [6, 6.07) is 6.06. The van der Waals surface area contributed by atoms with Gasteiger partial charge in [0.05, 0.1) is 5.01 Å². The summed E-state index contributed by atoms with van der Waals surface area (Å²) >= 11 is 6.39. The molecule has 0 spiro atoms. The topological polar surface area (TPSA) is 42.0 Å². The van der Waals surface area contributed by atoms with E-state index in [4.69, 9.17) is 11.6 Å². The van der Waals surface area contributed by atoms with Crippen LogP contribution in [0.2, 0.25) is 5.02 Å². The fraction of sp³-hybridized carbons (Fsp3) is 0.167. The van der Waals surface area contributed by atoms with E-state index in [2.05, 4.69) is 10.3 Å². The zero-order valence-corrected chi connectivity index (χ0v) is 11.7. The Balaban J connectivity index is 2.28. The number of anilines is 1. The van der Waals surface area contributed by atoms with E-state index in [1.54, 1.807) is 0 Å². The molecule has 1 N–H and O–H groups in total. The zero-order valence-electron chi connectivity index (χ0n) is 10.1. The summed E-state index contributed by atoms with van der Waals surface area (Å²) in [6.07, 6.45) is -4.66. The normalized spacial score (nSPS) is 11.4. The van der Waals surface area contributed by atoms with E-state index in [1.165, 1.54) is 31.2 Å². The third-order valence-electron chi connectivity index (χ3n) is 2.31. The lowest BCUT2D eigenvalue weighted by atomic mass is 10.3. The molecule has 20 heavy (non-hydrogen) atoms. The maximum absolute atomic E-state index is 12.8. The third kappa shape index (κ3) is 3.29. The van der Waals surface area contributed by atoms with Crippen molar-refractivity contribution in [2.45, 2.75) is 13.1 Å². The van der Waals surface area contributed by atoms with Crippen LogP contribution in [0.3, 0.4) is 0 Å². The molecule has 0 unspecified atom stereocenters. The van der Waals surface area contributed by atoms with Crippen LogP contribution in [0.5, 0.6) is 0 Å². The van der Waals surface area contributed by atoms with E-state index < -0.39 is 22.7 Å². The molecule has 1 amide bonds. The van der Waals surface area contributed by atoms with Gasteiger partial charge in [-0.2, -0.15) is 13.2 Å². The van der Waals surface area contributed by atoms with Crippen LogP contribution in [-0.4, -0.2) is 10.9 Å². The number of halogens is 4. The van der Waals surface area contributed by atoms with Gasteiger partial charge in [-0.05, 0) is 31.2 Å². The van der Waals surface area contributed by atoms with Gasteiger partial charge in [0.25, 0.3) is 5.91 Å². The fourth-order valence-corrected chi connectivity index (χ4v) is 2.45. The molecule has 1 heterocycles. The minimum absolute atomic E-state index is 0.179. The van der Waals surface area contributed by atoms with Crippen LogP contribution in [0.25, 0.3) is 0 Å². The first-order chi connectivity index (χ1) is 9.27. The number of benzene rings is 1. The van der Waals surface area contributed by atoms with Crippen LogP contribution < -0.4 is 5.32 Å². The van der Waals surface area contributed by atoms with Crippen molar-refractivity contribution in [1.82, 2.24) is 4.98 Å². The van der Waals surface area contributed by atoms with Crippen molar-refractivity contribution in [3.63, 3.8) is 0 Å². The van der Waals surface area contributed by atoms with Gasteiger partial charge in [0, 0.05) is 10.7 Å². The van der Waals surface area contributed by atoms with Crippen molar-refractivity contribution in [2.24, 2.45) is 0 Å². The van der Waals surface area contributed by atoms with E-state index in [9.17, 15) is 18.0 Å². The Morgan fingerprint density at radius 3 is 2.45 bits per heavy atom. The van der Waals surface area contributed by atoms with Crippen molar-refractivity contribution in [2.75, 3.05) is 5.32 Å². The molecule has 2 aromatic rings. The Labute approximate surface area is 121 Å². The standard InChI is InChI=1S/C12H8ClF3N2OS/c1-6-17-10(12(14,15)16)9(20-6)11(19)18-8-4-2-7(13)3-5-8/h2-5H,1H3,(H,18,19). The maximum atomic E-state index is 12.8. The van der Waals surface area contributed by atoms with Crippen molar-refractivity contribution in [1.29, 1.82) is 0 Å². The summed E-state index contributed by atoms with van der Waals surface area (Å²) in [5.74, 6) is -0.842. The molecule has 1 aromatic carbocycles. The number of amides is 1. The lowest BCUT2D eigenvalue weighted by Gasteiger charge is -2.07. The smallest absolute Gasteiger partial charge is 0.321 e. The number of aromatic nitrogens is 1. The molecular weight excluding hydrogens is 313 g/mol. The molecule has 0 atom stereocenters. The number of carbonyl (C=O) groups is 1. The van der Waals surface area contributed by atoms with Crippen LogP contribution in [-0.2, 0) is 6.18 Å². The van der Waals surface area contributed by atoms with Gasteiger partial charge < -0.3 is 5.32 Å². The minimum atomic E-state index is -4.66. The van der Waals surface area contributed by atoms with Crippen LogP contribution in [0.15, 0.2) is 24.3 Å². The van der Waals surface area contributed by atoms with E-state index in [0.29, 0.717) is 22.0 Å². The highest BCUT2D eigenvalue weighted by Gasteiger charge is 2.39. The molecule has 0 radical (unpaired) electrons. The van der Waals surface area contributed by atoms with Crippen LogP contribution in [0, 0.1) is 6.92 Å². The summed E-state index contributed by atoms with van der Waals surface area (Å²) in [5, 5.41) is 3.03. The molecule has 0 aliphatic heterocycles. The lowest BCUT2D eigenvalue weighted by Crippen LogP contribution is -2.17. The number of thiazole rings is 1. The Hall–Kier alpha value is -1.60. The second kappa shape index (κ2) is 5.41. The summed E-state index contributed by atoms with van der Waals surface area (Å²) < 4.78 is 38.3. The highest BCUT2D eigenvalue weighted by molar-refractivity contribution is 7.13. The molecule has 2 rings (SSSR count). The Bertz CT molecular complexity index is 637. The molecular formula is C12H8ClF3N2OS. The van der Waals surface area contributed by atoms with Gasteiger partial charge in [-0.3, -0.25) is 4.79 Å². The van der Waals surface area contributed by atoms with Gasteiger partial charge in [-0.25, -0.2) is 4.98 Å². The lowest BCUT2D eigenvalue weighted by molar-refractivity contribution is -0.141. The average Bonchev–Trinajstić information content (AvgIpc) is 2.74. The molecule has 3 nitrogen and oxygen atoms in total. The average molecular weight is 321 g/mol. The van der Waals surface area contributed by atoms with Gasteiger partial charge >= 0.3 is 6.18 Å². The predicted octanol–water partition coefficient (Wildman–Crippen LogP) is 4.38. The molecule has 0 bridgehead atoms. The van der Waals surface area contributed by atoms with Gasteiger partial charge in [0.15, 0.2) is 5.69 Å². The summed E-state index contributed by atoms with van der Waals surface area (Å²) in [5.41, 5.74) is -0.801. The minimum Gasteiger partial charge on any atom is -0.321 e. The molecule has 8 heteroatoms. The SMILES string of the molecule is Cc1nc(C(F)(F)F)c(C(=O)Nc2ccc(Cl)cc2)s1. The van der Waals surface area contributed by atoms with Crippen LogP contribution in [0.4, 0.5) is 18.9 Å². The highest BCUT2D eigenvalue weighted by Crippen LogP contribution is 2.34. The van der Waals surface area contributed by atoms with E-state index in [-0.39, 0.29) is 5.01 Å². The number of alkyl halides is 3. The van der Waals surface area contributed by atoms with E-state index >= 15 is 0 Å². The second-order valence-corrected chi connectivity index (χ2v) is 5.51. The molecule has 0 fully saturated rings. The molecule has 0 saturated heterocycles. The number of rotatable bonds is 2. The monoisotopic (exact) mass is 320 g/mol. The van der Waals surface area contributed by atoms with Gasteiger partial charge in [-0.15, -0.1) is 11.3 Å². The second-order valence-electron chi connectivity index (χ2n) is 3.87. The van der Waals surface area contributed by atoms with Crippen molar-refractivity contribution >= 4 is 34.5 Å².